The molecule has 29 heavy (non-hydrogen) atoms. The van der Waals surface area contributed by atoms with Crippen LogP contribution in [0.2, 0.25) is 5.02 Å². The highest BCUT2D eigenvalue weighted by molar-refractivity contribution is 8.13. The summed E-state index contributed by atoms with van der Waals surface area (Å²) < 4.78 is 1.99. The lowest BCUT2D eigenvalue weighted by molar-refractivity contribution is 0.410. The van der Waals surface area contributed by atoms with E-state index >= 15 is 0 Å². The molecule has 0 aliphatic heterocycles. The fraction of sp³-hybridized carbons (Fsp3) is 0.190. The lowest BCUT2D eigenvalue weighted by Crippen LogP contribution is -2.39. The molecular weight excluding hydrogens is 410 g/mol. The van der Waals surface area contributed by atoms with E-state index in [0.717, 1.165) is 20.3 Å². The lowest BCUT2D eigenvalue weighted by atomic mass is 10.2. The number of halogens is 1. The first-order chi connectivity index (χ1) is 13.8. The minimum absolute atomic E-state index is 0.00543. The van der Waals surface area contributed by atoms with E-state index in [2.05, 4.69) is 4.99 Å². The van der Waals surface area contributed by atoms with Crippen LogP contribution in [0.1, 0.15) is 16.7 Å². The topological polar surface area (TPSA) is 76.6 Å². The highest BCUT2D eigenvalue weighted by Gasteiger charge is 2.21. The summed E-state index contributed by atoms with van der Waals surface area (Å²) in [4.78, 5) is 29.5. The Balaban J connectivity index is 2.10. The molecule has 0 saturated heterocycles. The minimum Gasteiger partial charge on any atom is -0.494 e. The molecule has 0 spiro atoms. The molecule has 2 aromatic carbocycles. The van der Waals surface area contributed by atoms with Gasteiger partial charge in [0.1, 0.15) is 10.6 Å². The normalized spacial score (nSPS) is 11.7. The molecule has 1 heterocycles. The summed E-state index contributed by atoms with van der Waals surface area (Å²) in [5, 5.41) is 11.5. The zero-order chi connectivity index (χ0) is 21.1. The minimum atomic E-state index is -0.603. The van der Waals surface area contributed by atoms with E-state index in [9.17, 15) is 14.7 Å². The van der Waals surface area contributed by atoms with E-state index < -0.39 is 17.1 Å². The maximum atomic E-state index is 12.8. The lowest BCUT2D eigenvalue weighted by Gasteiger charge is -2.12. The van der Waals surface area contributed by atoms with Gasteiger partial charge in [-0.05, 0) is 36.8 Å². The quantitative estimate of drug-likeness (QED) is 0.506. The molecule has 1 N–H and O–H groups in total. The molecule has 150 valence electrons. The number of aromatic hydroxyl groups is 1. The van der Waals surface area contributed by atoms with Crippen molar-refractivity contribution in [3.63, 3.8) is 0 Å². The summed E-state index contributed by atoms with van der Waals surface area (Å²) in [6, 6.07) is 14.9. The Kier molecular flexibility index (Phi) is 6.30. The summed E-state index contributed by atoms with van der Waals surface area (Å²) in [5.74, 6) is 0.0976. The Hall–Kier alpha value is -2.77. The number of thioether (sulfide) groups is 1. The van der Waals surface area contributed by atoms with Crippen molar-refractivity contribution in [1.82, 2.24) is 9.13 Å². The van der Waals surface area contributed by atoms with Crippen molar-refractivity contribution in [2.45, 2.75) is 12.7 Å². The molecule has 0 aliphatic rings. The first-order valence-corrected chi connectivity index (χ1v) is 10.2. The van der Waals surface area contributed by atoms with Gasteiger partial charge in [0.15, 0.2) is 0 Å². The Labute approximate surface area is 177 Å². The van der Waals surface area contributed by atoms with Crippen LogP contribution in [0.25, 0.3) is 0 Å². The molecule has 0 atom stereocenters. The largest absolute Gasteiger partial charge is 0.494 e. The molecule has 0 aliphatic carbocycles. The second-order valence-electron chi connectivity index (χ2n) is 6.57. The molecule has 8 heteroatoms. The van der Waals surface area contributed by atoms with E-state index in [0.29, 0.717) is 21.5 Å². The van der Waals surface area contributed by atoms with Crippen molar-refractivity contribution < 1.29 is 5.11 Å². The highest BCUT2D eigenvalue weighted by atomic mass is 35.5. The maximum Gasteiger partial charge on any atom is 0.333 e. The van der Waals surface area contributed by atoms with Crippen molar-refractivity contribution in [1.29, 1.82) is 0 Å². The number of aryl methyl sites for hydroxylation is 1. The number of rotatable bonds is 4. The predicted molar refractivity (Wildman–Crippen MR) is 119 cm³/mol. The monoisotopic (exact) mass is 429 g/mol. The van der Waals surface area contributed by atoms with E-state index in [1.807, 2.05) is 43.3 Å². The van der Waals surface area contributed by atoms with Gasteiger partial charge in [0.2, 0.25) is 5.88 Å². The second-order valence-corrected chi connectivity index (χ2v) is 7.97. The molecule has 0 amide bonds. The van der Waals surface area contributed by atoms with Gasteiger partial charge < -0.3 is 5.11 Å². The smallest absolute Gasteiger partial charge is 0.333 e. The van der Waals surface area contributed by atoms with E-state index in [1.165, 1.54) is 25.9 Å². The van der Waals surface area contributed by atoms with Gasteiger partial charge in [-0.25, -0.2) is 9.79 Å². The van der Waals surface area contributed by atoms with Crippen molar-refractivity contribution in [3.05, 3.63) is 91.1 Å². The highest BCUT2D eigenvalue weighted by Crippen LogP contribution is 2.26. The molecule has 0 fully saturated rings. The molecule has 3 aromatic rings. The number of benzene rings is 2. The van der Waals surface area contributed by atoms with Crippen LogP contribution in [0.5, 0.6) is 5.88 Å². The zero-order valence-electron chi connectivity index (χ0n) is 16.2. The Morgan fingerprint density at radius 3 is 2.28 bits per heavy atom. The van der Waals surface area contributed by atoms with Gasteiger partial charge in [-0.15, -0.1) is 11.8 Å². The summed E-state index contributed by atoms with van der Waals surface area (Å²) in [6.07, 6.45) is 0. The van der Waals surface area contributed by atoms with Gasteiger partial charge in [0.25, 0.3) is 5.56 Å². The van der Waals surface area contributed by atoms with Crippen LogP contribution >= 0.6 is 23.4 Å². The maximum absolute atomic E-state index is 12.8. The van der Waals surface area contributed by atoms with Crippen LogP contribution in [-0.4, -0.2) is 19.3 Å². The third-order valence-electron chi connectivity index (χ3n) is 4.40. The van der Waals surface area contributed by atoms with Crippen LogP contribution in [0, 0.1) is 6.92 Å². The Morgan fingerprint density at radius 2 is 1.66 bits per heavy atom. The van der Waals surface area contributed by atoms with Crippen LogP contribution in [0.15, 0.2) is 63.1 Å². The molecule has 6 nitrogen and oxygen atoms in total. The van der Waals surface area contributed by atoms with Crippen LogP contribution in [-0.2, 0) is 19.8 Å². The summed E-state index contributed by atoms with van der Waals surface area (Å²) in [7, 11) is 2.79. The Bertz CT molecular complexity index is 1180. The van der Waals surface area contributed by atoms with Gasteiger partial charge in [-0.3, -0.25) is 13.9 Å². The Morgan fingerprint density at radius 1 is 1.03 bits per heavy atom. The number of hydrogen-bond acceptors (Lipinski definition) is 5. The number of nitrogens with zero attached hydrogens (tertiary/aromatic N) is 3. The summed E-state index contributed by atoms with van der Waals surface area (Å²) in [6.45, 7) is 1.97. The van der Waals surface area contributed by atoms with Crippen molar-refractivity contribution in [2.75, 3.05) is 0 Å². The molecule has 0 bridgehead atoms. The first kappa shape index (κ1) is 21.0. The second kappa shape index (κ2) is 8.71. The van der Waals surface area contributed by atoms with Gasteiger partial charge >= 0.3 is 5.69 Å². The zero-order valence-corrected chi connectivity index (χ0v) is 17.8. The van der Waals surface area contributed by atoms with Crippen LogP contribution < -0.4 is 11.2 Å². The molecule has 0 saturated carbocycles. The fourth-order valence-corrected chi connectivity index (χ4v) is 3.76. The third kappa shape index (κ3) is 4.63. The molecule has 1 aromatic heterocycles. The predicted octanol–water partition coefficient (Wildman–Crippen LogP) is 3.76. The van der Waals surface area contributed by atoms with E-state index in [1.54, 1.807) is 12.1 Å². The third-order valence-corrected chi connectivity index (χ3v) is 5.70. The van der Waals surface area contributed by atoms with E-state index in [-0.39, 0.29) is 5.56 Å². The summed E-state index contributed by atoms with van der Waals surface area (Å²) in [5.41, 5.74) is 1.50. The van der Waals surface area contributed by atoms with Crippen LogP contribution in [0.4, 0.5) is 5.69 Å². The number of aliphatic imine (C=N–C) groups is 1. The number of aromatic nitrogens is 2. The van der Waals surface area contributed by atoms with Crippen molar-refractivity contribution in [2.24, 2.45) is 19.1 Å². The van der Waals surface area contributed by atoms with Gasteiger partial charge in [-0.1, -0.05) is 41.4 Å². The van der Waals surface area contributed by atoms with Crippen molar-refractivity contribution >= 4 is 34.1 Å². The fourth-order valence-electron chi connectivity index (χ4n) is 2.65. The average molecular weight is 430 g/mol. The van der Waals surface area contributed by atoms with E-state index in [4.69, 9.17) is 11.6 Å². The van der Waals surface area contributed by atoms with Gasteiger partial charge in [0.05, 0.1) is 5.69 Å². The average Bonchev–Trinajstić information content (AvgIpc) is 2.71. The summed E-state index contributed by atoms with van der Waals surface area (Å²) >= 11 is 7.24. The number of hydrogen-bond donors (Lipinski definition) is 1. The SMILES string of the molecule is Cc1ccc(N=C(SCc2ccc(Cl)cc2)c2c(O)n(C)c(=O)n(C)c2=O)cc1. The molecule has 0 radical (unpaired) electrons. The van der Waals surface area contributed by atoms with Crippen molar-refractivity contribution in [3.8, 4) is 5.88 Å². The van der Waals surface area contributed by atoms with Gasteiger partial charge in [0, 0.05) is 24.9 Å². The molecular formula is C21H20ClN3O3S. The molecule has 0 unspecified atom stereocenters. The standard InChI is InChI=1S/C21H20ClN3O3S/c1-13-4-10-16(11-5-13)23-18(29-12-14-6-8-15(22)9-7-14)17-19(26)24(2)21(28)25(3)20(17)27/h4-11,26H,12H2,1-3H3. The first-order valence-electron chi connectivity index (χ1n) is 8.80. The van der Waals surface area contributed by atoms with Crippen LogP contribution in [0.3, 0.4) is 0 Å². The molecule has 3 rings (SSSR count). The van der Waals surface area contributed by atoms with Gasteiger partial charge in [-0.2, -0.15) is 0 Å².